The zero-order valence-electron chi connectivity index (χ0n) is 14.0. The molecule has 1 saturated heterocycles. The van der Waals surface area contributed by atoms with Crippen LogP contribution < -0.4 is 0 Å². The zero-order valence-corrected chi connectivity index (χ0v) is 14.0. The number of aryl methyl sites for hydroxylation is 1. The van der Waals surface area contributed by atoms with Gasteiger partial charge in [-0.3, -0.25) is 9.89 Å². The third kappa shape index (κ3) is 3.30. The number of hydrogen-bond donors (Lipinski definition) is 1. The molecule has 0 radical (unpaired) electrons. The minimum absolute atomic E-state index is 0.0393. The highest BCUT2D eigenvalue weighted by Crippen LogP contribution is 2.32. The predicted molar refractivity (Wildman–Crippen MR) is 86.0 cm³/mol. The highest BCUT2D eigenvalue weighted by Gasteiger charge is 2.32. The van der Waals surface area contributed by atoms with Crippen LogP contribution in [0.1, 0.15) is 66.7 Å². The molecule has 0 bridgehead atoms. The molecule has 1 amide bonds. The first-order chi connectivity index (χ1) is 11.1. The Balaban J connectivity index is 1.81. The number of nitrogens with one attached hydrogen (secondary N) is 1. The van der Waals surface area contributed by atoms with Gasteiger partial charge in [-0.25, -0.2) is 0 Å². The summed E-state index contributed by atoms with van der Waals surface area (Å²) in [6, 6.07) is 1.82. The molecule has 0 saturated carbocycles. The molecule has 0 aromatic carbocycles. The summed E-state index contributed by atoms with van der Waals surface area (Å²) in [4.78, 5) is 14.8. The summed E-state index contributed by atoms with van der Waals surface area (Å²) in [7, 11) is 0. The molecule has 1 unspecified atom stereocenters. The zero-order chi connectivity index (χ0) is 16.4. The average Bonchev–Trinajstić information content (AvgIpc) is 3.15. The number of H-pyrrole nitrogens is 1. The van der Waals surface area contributed by atoms with E-state index in [0.717, 1.165) is 49.2 Å². The van der Waals surface area contributed by atoms with Crippen molar-refractivity contribution in [1.29, 1.82) is 0 Å². The molecule has 6 nitrogen and oxygen atoms in total. The molecular weight excluding hydrogens is 292 g/mol. The summed E-state index contributed by atoms with van der Waals surface area (Å²) >= 11 is 0. The van der Waals surface area contributed by atoms with Gasteiger partial charge in [0.1, 0.15) is 0 Å². The predicted octanol–water partition coefficient (Wildman–Crippen LogP) is 3.27. The van der Waals surface area contributed by atoms with Crippen molar-refractivity contribution in [3.8, 4) is 0 Å². The fourth-order valence-corrected chi connectivity index (χ4v) is 3.24. The molecule has 2 aromatic rings. The second kappa shape index (κ2) is 6.56. The molecule has 1 aliphatic rings. The number of aromatic nitrogens is 3. The quantitative estimate of drug-likeness (QED) is 0.939. The van der Waals surface area contributed by atoms with E-state index < -0.39 is 0 Å². The third-order valence-corrected chi connectivity index (χ3v) is 4.35. The van der Waals surface area contributed by atoms with Gasteiger partial charge in [-0.05, 0) is 44.1 Å². The van der Waals surface area contributed by atoms with Crippen molar-refractivity contribution in [2.24, 2.45) is 5.92 Å². The summed E-state index contributed by atoms with van der Waals surface area (Å²) in [5.41, 5.74) is 2.96. The maximum absolute atomic E-state index is 12.9. The van der Waals surface area contributed by atoms with Gasteiger partial charge in [-0.2, -0.15) is 5.10 Å². The van der Waals surface area contributed by atoms with Gasteiger partial charge in [0, 0.05) is 12.6 Å². The van der Waals surface area contributed by atoms with Crippen LogP contribution in [0.4, 0.5) is 0 Å². The lowest BCUT2D eigenvalue weighted by molar-refractivity contribution is 0.0563. The summed E-state index contributed by atoms with van der Waals surface area (Å²) < 4.78 is 5.31. The first-order valence-electron chi connectivity index (χ1n) is 8.32. The topological polar surface area (TPSA) is 75.0 Å². The Hall–Kier alpha value is -2.11. The second-order valence-electron chi connectivity index (χ2n) is 6.76. The normalized spacial score (nSPS) is 18.6. The molecule has 124 valence electrons. The molecule has 3 rings (SSSR count). The van der Waals surface area contributed by atoms with Crippen LogP contribution in [-0.4, -0.2) is 32.7 Å². The molecule has 0 spiro atoms. The standard InChI is InChI=1S/C17H24N4O2/c1-11(2)8-13-9-15(23-20-13)17(22)21-7-5-4-6-14(21)16-12(3)10-18-19-16/h9-11,14H,4-8H2,1-3H3,(H,18,19). The van der Waals surface area contributed by atoms with E-state index >= 15 is 0 Å². The maximum Gasteiger partial charge on any atom is 0.293 e. The monoisotopic (exact) mass is 316 g/mol. The molecule has 1 N–H and O–H groups in total. The molecule has 1 aliphatic heterocycles. The summed E-state index contributed by atoms with van der Waals surface area (Å²) in [5.74, 6) is 0.745. The van der Waals surface area contributed by atoms with Crippen LogP contribution in [0.25, 0.3) is 0 Å². The molecule has 23 heavy (non-hydrogen) atoms. The van der Waals surface area contributed by atoms with E-state index in [9.17, 15) is 4.79 Å². The van der Waals surface area contributed by atoms with Gasteiger partial charge in [0.2, 0.25) is 5.76 Å². The Morgan fingerprint density at radius 1 is 1.48 bits per heavy atom. The van der Waals surface area contributed by atoms with Gasteiger partial charge in [0.25, 0.3) is 5.91 Å². The van der Waals surface area contributed by atoms with Crippen molar-refractivity contribution in [1.82, 2.24) is 20.3 Å². The first-order valence-corrected chi connectivity index (χ1v) is 8.32. The van der Waals surface area contributed by atoms with Crippen LogP contribution in [-0.2, 0) is 6.42 Å². The van der Waals surface area contributed by atoms with Gasteiger partial charge in [-0.1, -0.05) is 19.0 Å². The number of carbonyl (C=O) groups excluding carboxylic acids is 1. The van der Waals surface area contributed by atoms with Crippen molar-refractivity contribution in [2.75, 3.05) is 6.54 Å². The van der Waals surface area contributed by atoms with Crippen molar-refractivity contribution >= 4 is 5.91 Å². The SMILES string of the molecule is Cc1cn[nH]c1C1CCCCN1C(=O)c1cc(CC(C)C)no1. The van der Waals surface area contributed by atoms with E-state index in [2.05, 4.69) is 29.2 Å². The maximum atomic E-state index is 12.9. The number of hydrogen-bond acceptors (Lipinski definition) is 4. The molecule has 6 heteroatoms. The Bertz CT molecular complexity index is 674. The van der Waals surface area contributed by atoms with E-state index in [0.29, 0.717) is 11.7 Å². The minimum atomic E-state index is -0.0776. The van der Waals surface area contributed by atoms with Crippen molar-refractivity contribution in [3.05, 3.63) is 35.0 Å². The van der Waals surface area contributed by atoms with Crippen LogP contribution in [0.15, 0.2) is 16.8 Å². The summed E-state index contributed by atoms with van der Waals surface area (Å²) in [6.45, 7) is 7.00. The number of likely N-dealkylation sites (tertiary alicyclic amines) is 1. The highest BCUT2D eigenvalue weighted by molar-refractivity contribution is 5.91. The Labute approximate surface area is 136 Å². The molecule has 0 aliphatic carbocycles. The average molecular weight is 316 g/mol. The highest BCUT2D eigenvalue weighted by atomic mass is 16.5. The second-order valence-corrected chi connectivity index (χ2v) is 6.76. The Morgan fingerprint density at radius 3 is 3.00 bits per heavy atom. The van der Waals surface area contributed by atoms with Crippen LogP contribution in [0.5, 0.6) is 0 Å². The molecule has 2 aromatic heterocycles. The van der Waals surface area contributed by atoms with Crippen molar-refractivity contribution in [3.63, 3.8) is 0 Å². The largest absolute Gasteiger partial charge is 0.351 e. The number of carbonyl (C=O) groups is 1. The lowest BCUT2D eigenvalue weighted by atomic mass is 9.97. The lowest BCUT2D eigenvalue weighted by Gasteiger charge is -2.34. The van der Waals surface area contributed by atoms with E-state index in [1.54, 1.807) is 6.07 Å². The summed E-state index contributed by atoms with van der Waals surface area (Å²) in [6.07, 6.45) is 5.70. The van der Waals surface area contributed by atoms with E-state index in [-0.39, 0.29) is 11.9 Å². The third-order valence-electron chi connectivity index (χ3n) is 4.35. The fraction of sp³-hybridized carbons (Fsp3) is 0.588. The number of rotatable bonds is 4. The van der Waals surface area contributed by atoms with Crippen LogP contribution in [0.3, 0.4) is 0 Å². The lowest BCUT2D eigenvalue weighted by Crippen LogP contribution is -2.38. The van der Waals surface area contributed by atoms with Gasteiger partial charge in [0.05, 0.1) is 23.6 Å². The molecule has 3 heterocycles. The minimum Gasteiger partial charge on any atom is -0.351 e. The van der Waals surface area contributed by atoms with Gasteiger partial charge in [-0.15, -0.1) is 0 Å². The van der Waals surface area contributed by atoms with Gasteiger partial charge >= 0.3 is 0 Å². The number of piperidine rings is 1. The van der Waals surface area contributed by atoms with E-state index in [1.165, 1.54) is 0 Å². The van der Waals surface area contributed by atoms with Crippen molar-refractivity contribution in [2.45, 2.75) is 52.5 Å². The van der Waals surface area contributed by atoms with Crippen LogP contribution in [0.2, 0.25) is 0 Å². The van der Waals surface area contributed by atoms with Crippen LogP contribution >= 0.6 is 0 Å². The first kappa shape index (κ1) is 15.8. The smallest absolute Gasteiger partial charge is 0.293 e. The van der Waals surface area contributed by atoms with Crippen molar-refractivity contribution < 1.29 is 9.32 Å². The molecular formula is C17H24N4O2. The fourth-order valence-electron chi connectivity index (χ4n) is 3.24. The Morgan fingerprint density at radius 2 is 2.30 bits per heavy atom. The number of amides is 1. The van der Waals surface area contributed by atoms with Gasteiger partial charge in [0.15, 0.2) is 0 Å². The van der Waals surface area contributed by atoms with E-state index in [4.69, 9.17) is 4.52 Å². The number of aromatic amines is 1. The van der Waals surface area contributed by atoms with E-state index in [1.807, 2.05) is 18.0 Å². The van der Waals surface area contributed by atoms with Crippen LogP contribution in [0, 0.1) is 12.8 Å². The number of nitrogens with zero attached hydrogens (tertiary/aromatic N) is 3. The Kier molecular flexibility index (Phi) is 4.50. The molecule has 1 atom stereocenters. The molecule has 1 fully saturated rings. The van der Waals surface area contributed by atoms with Gasteiger partial charge < -0.3 is 9.42 Å². The summed E-state index contributed by atoms with van der Waals surface area (Å²) in [5, 5.41) is 11.2.